The van der Waals surface area contributed by atoms with E-state index in [9.17, 15) is 4.79 Å². The first-order chi connectivity index (χ1) is 8.62. The van der Waals surface area contributed by atoms with Crippen LogP contribution < -0.4 is 0 Å². The van der Waals surface area contributed by atoms with Gasteiger partial charge in [-0.2, -0.15) is 0 Å². The van der Waals surface area contributed by atoms with Gasteiger partial charge in [-0.3, -0.25) is 0 Å². The lowest BCUT2D eigenvalue weighted by Crippen LogP contribution is -2.00. The van der Waals surface area contributed by atoms with Crippen LogP contribution in [0.1, 0.15) is 36.2 Å². The minimum atomic E-state index is -0.342. The quantitative estimate of drug-likeness (QED) is 0.656. The number of aliphatic hydroxyl groups excluding tert-OH is 1. The number of ether oxygens (including phenoxy) is 1. The molecule has 0 bridgehead atoms. The number of esters is 1. The van der Waals surface area contributed by atoms with Crippen LogP contribution in [0.2, 0.25) is 0 Å². The molecule has 0 aliphatic carbocycles. The molecule has 18 heavy (non-hydrogen) atoms. The fourth-order valence-electron chi connectivity index (χ4n) is 1.59. The number of rotatable bonds is 4. The number of methoxy groups -OCH3 is 1. The number of aliphatic hydroxyl groups is 1. The minimum Gasteiger partial charge on any atom is -0.465 e. The van der Waals surface area contributed by atoms with Gasteiger partial charge in [-0.25, -0.2) is 4.79 Å². The zero-order valence-electron chi connectivity index (χ0n) is 11.0. The Hall–Kier alpha value is -1.83. The lowest BCUT2D eigenvalue weighted by atomic mass is 10.0. The summed E-state index contributed by atoms with van der Waals surface area (Å²) in [5.41, 5.74) is 6.50. The second-order valence-corrected chi connectivity index (χ2v) is 3.96. The maximum atomic E-state index is 11.3. The third-order valence-electron chi connectivity index (χ3n) is 2.61. The van der Waals surface area contributed by atoms with Gasteiger partial charge in [0.1, 0.15) is 0 Å². The van der Waals surface area contributed by atoms with Crippen LogP contribution in [0.25, 0.3) is 5.57 Å². The van der Waals surface area contributed by atoms with Crippen LogP contribution in [-0.4, -0.2) is 24.8 Å². The first-order valence-corrected chi connectivity index (χ1v) is 5.87. The van der Waals surface area contributed by atoms with E-state index in [0.717, 1.165) is 23.1 Å². The van der Waals surface area contributed by atoms with Crippen molar-refractivity contribution < 1.29 is 14.6 Å². The second kappa shape index (κ2) is 6.80. The van der Waals surface area contributed by atoms with Gasteiger partial charge in [0, 0.05) is 5.57 Å². The van der Waals surface area contributed by atoms with Crippen LogP contribution in [0.4, 0.5) is 0 Å². The fourth-order valence-corrected chi connectivity index (χ4v) is 1.59. The molecule has 3 nitrogen and oxygen atoms in total. The highest BCUT2D eigenvalue weighted by molar-refractivity contribution is 5.89. The van der Waals surface area contributed by atoms with Gasteiger partial charge in [-0.15, -0.1) is 5.73 Å². The Morgan fingerprint density at radius 2 is 1.83 bits per heavy atom. The highest BCUT2D eigenvalue weighted by Crippen LogP contribution is 2.18. The van der Waals surface area contributed by atoms with E-state index in [-0.39, 0.29) is 12.6 Å². The van der Waals surface area contributed by atoms with E-state index in [2.05, 4.69) is 10.5 Å². The molecule has 0 spiro atoms. The van der Waals surface area contributed by atoms with E-state index in [1.807, 2.05) is 26.0 Å². The summed E-state index contributed by atoms with van der Waals surface area (Å²) in [6, 6.07) is 7.19. The smallest absolute Gasteiger partial charge is 0.337 e. The molecule has 1 aromatic carbocycles. The van der Waals surface area contributed by atoms with Crippen LogP contribution in [0.15, 0.2) is 35.6 Å². The maximum absolute atomic E-state index is 11.3. The van der Waals surface area contributed by atoms with E-state index in [0.29, 0.717) is 5.56 Å². The number of hydrogen-bond donors (Lipinski definition) is 1. The first kappa shape index (κ1) is 14.2. The van der Waals surface area contributed by atoms with Crippen molar-refractivity contribution >= 4 is 11.5 Å². The molecule has 0 aliphatic heterocycles. The summed E-state index contributed by atoms with van der Waals surface area (Å²) < 4.78 is 4.65. The van der Waals surface area contributed by atoms with Crippen molar-refractivity contribution in [2.24, 2.45) is 0 Å². The van der Waals surface area contributed by atoms with Crippen molar-refractivity contribution in [3.8, 4) is 0 Å². The van der Waals surface area contributed by atoms with Crippen LogP contribution in [0, 0.1) is 0 Å². The van der Waals surface area contributed by atoms with Crippen molar-refractivity contribution in [1.29, 1.82) is 0 Å². The van der Waals surface area contributed by atoms with E-state index < -0.39 is 0 Å². The molecule has 0 saturated heterocycles. The van der Waals surface area contributed by atoms with Gasteiger partial charge in [0.25, 0.3) is 0 Å². The number of carbonyl (C=O) groups excluding carboxylic acids is 1. The summed E-state index contributed by atoms with van der Waals surface area (Å²) in [6.45, 7) is 3.86. The largest absolute Gasteiger partial charge is 0.465 e. The Bertz CT molecular complexity index is 477. The molecule has 1 N–H and O–H groups in total. The Balaban J connectivity index is 3.11. The Kier molecular flexibility index (Phi) is 5.37. The van der Waals surface area contributed by atoms with Gasteiger partial charge >= 0.3 is 5.97 Å². The molecule has 0 unspecified atom stereocenters. The summed E-state index contributed by atoms with van der Waals surface area (Å²) in [4.78, 5) is 11.3. The Labute approximate surface area is 107 Å². The predicted octanol–water partition coefficient (Wildman–Crippen LogP) is 2.80. The molecule has 0 heterocycles. The maximum Gasteiger partial charge on any atom is 0.337 e. The van der Waals surface area contributed by atoms with Gasteiger partial charge in [0.15, 0.2) is 0 Å². The third-order valence-corrected chi connectivity index (χ3v) is 2.61. The van der Waals surface area contributed by atoms with E-state index >= 15 is 0 Å². The summed E-state index contributed by atoms with van der Waals surface area (Å²) in [6.07, 6.45) is 0.814. The zero-order chi connectivity index (χ0) is 13.5. The lowest BCUT2D eigenvalue weighted by molar-refractivity contribution is 0.0600. The summed E-state index contributed by atoms with van der Waals surface area (Å²) in [5, 5.41) is 9.00. The molecule has 0 amide bonds. The Morgan fingerprint density at radius 3 is 2.28 bits per heavy atom. The normalized spacial score (nSPS) is 9.56. The molecule has 3 heteroatoms. The topological polar surface area (TPSA) is 46.5 Å². The average molecular weight is 246 g/mol. The summed E-state index contributed by atoms with van der Waals surface area (Å²) in [5.74, 6) is -0.342. The van der Waals surface area contributed by atoms with Gasteiger partial charge in [-0.1, -0.05) is 19.1 Å². The van der Waals surface area contributed by atoms with Gasteiger partial charge < -0.3 is 9.84 Å². The molecular weight excluding hydrogens is 228 g/mol. The molecule has 0 aromatic heterocycles. The fraction of sp³-hybridized carbons (Fsp3) is 0.333. The molecule has 1 aromatic rings. The van der Waals surface area contributed by atoms with Crippen molar-refractivity contribution in [3.05, 3.63) is 46.7 Å². The minimum absolute atomic E-state index is 0.00371. The zero-order valence-corrected chi connectivity index (χ0v) is 11.0. The molecule has 0 radical (unpaired) electrons. The third kappa shape index (κ3) is 3.59. The molecule has 1 rings (SSSR count). The SMILES string of the molecule is CCC(=C=C(C)CO)c1ccc(C(=O)OC)cc1. The standard InChI is InChI=1S/C15H18O3/c1-4-12(9-11(2)10-16)13-5-7-14(8-6-13)15(17)18-3/h5-8,16H,4,10H2,1-3H3. The summed E-state index contributed by atoms with van der Waals surface area (Å²) in [7, 11) is 1.36. The number of hydrogen-bond acceptors (Lipinski definition) is 3. The highest BCUT2D eigenvalue weighted by Gasteiger charge is 2.05. The molecule has 0 saturated carbocycles. The van der Waals surface area contributed by atoms with Crippen LogP contribution in [-0.2, 0) is 4.74 Å². The predicted molar refractivity (Wildman–Crippen MR) is 71.3 cm³/mol. The van der Waals surface area contributed by atoms with Crippen LogP contribution >= 0.6 is 0 Å². The van der Waals surface area contributed by atoms with Crippen molar-refractivity contribution in [1.82, 2.24) is 0 Å². The van der Waals surface area contributed by atoms with Gasteiger partial charge in [0.2, 0.25) is 0 Å². The monoisotopic (exact) mass is 246 g/mol. The lowest BCUT2D eigenvalue weighted by Gasteiger charge is -2.04. The number of benzene rings is 1. The summed E-state index contributed by atoms with van der Waals surface area (Å²) >= 11 is 0. The molecule has 96 valence electrons. The van der Waals surface area contributed by atoms with Crippen molar-refractivity contribution in [2.45, 2.75) is 20.3 Å². The molecule has 0 atom stereocenters. The molecule has 0 fully saturated rings. The number of carbonyl (C=O) groups is 1. The van der Waals surface area contributed by atoms with Crippen LogP contribution in [0.5, 0.6) is 0 Å². The highest BCUT2D eigenvalue weighted by atomic mass is 16.5. The van der Waals surface area contributed by atoms with E-state index in [4.69, 9.17) is 5.11 Å². The Morgan fingerprint density at radius 1 is 1.28 bits per heavy atom. The second-order valence-electron chi connectivity index (χ2n) is 3.96. The van der Waals surface area contributed by atoms with Crippen LogP contribution in [0.3, 0.4) is 0 Å². The molecular formula is C15H18O3. The average Bonchev–Trinajstić information content (AvgIpc) is 2.43. The van der Waals surface area contributed by atoms with Crippen molar-refractivity contribution in [3.63, 3.8) is 0 Å². The first-order valence-electron chi connectivity index (χ1n) is 5.87. The van der Waals surface area contributed by atoms with Crippen molar-refractivity contribution in [2.75, 3.05) is 13.7 Å². The van der Waals surface area contributed by atoms with Gasteiger partial charge in [0.05, 0.1) is 19.3 Å². The van der Waals surface area contributed by atoms with E-state index in [1.54, 1.807) is 12.1 Å². The van der Waals surface area contributed by atoms with Gasteiger partial charge in [-0.05, 0) is 36.6 Å². The molecule has 0 aliphatic rings. The van der Waals surface area contributed by atoms with E-state index in [1.165, 1.54) is 7.11 Å².